The molecule has 0 aliphatic heterocycles. The van der Waals surface area contributed by atoms with Crippen LogP contribution in [0, 0.1) is 5.82 Å². The molecule has 2 aromatic rings. The maximum Gasteiger partial charge on any atom is 0.239 e. The summed E-state index contributed by atoms with van der Waals surface area (Å²) in [6, 6.07) is 8.20. The van der Waals surface area contributed by atoms with Crippen LogP contribution in [0.3, 0.4) is 0 Å². The van der Waals surface area contributed by atoms with Gasteiger partial charge in [0.2, 0.25) is 11.8 Å². The van der Waals surface area contributed by atoms with Gasteiger partial charge in [-0.2, -0.15) is 5.10 Å². The smallest absolute Gasteiger partial charge is 0.239 e. The van der Waals surface area contributed by atoms with Crippen LogP contribution in [0.25, 0.3) is 11.3 Å². The number of likely N-dealkylation sites (N-methyl/N-ethyl adjacent to an activating group) is 2. The number of nitrogens with zero attached hydrogens (tertiary/aromatic N) is 3. The van der Waals surface area contributed by atoms with Crippen molar-refractivity contribution in [1.29, 1.82) is 0 Å². The van der Waals surface area contributed by atoms with E-state index < -0.39 is 0 Å². The summed E-state index contributed by atoms with van der Waals surface area (Å²) in [4.78, 5) is 27.3. The molecule has 0 aliphatic rings. The molecule has 2 rings (SSSR count). The highest BCUT2D eigenvalue weighted by molar-refractivity contribution is 5.85. The van der Waals surface area contributed by atoms with Gasteiger partial charge in [-0.05, 0) is 63.2 Å². The van der Waals surface area contributed by atoms with Gasteiger partial charge < -0.3 is 10.2 Å². The number of nitrogens with one attached hydrogen (secondary N) is 2. The van der Waals surface area contributed by atoms with Crippen molar-refractivity contribution in [2.24, 2.45) is 0 Å². The summed E-state index contributed by atoms with van der Waals surface area (Å²) in [7, 11) is 3.53. The Morgan fingerprint density at radius 3 is 2.59 bits per heavy atom. The summed E-state index contributed by atoms with van der Waals surface area (Å²) in [5.41, 5.74) is 2.64. The summed E-state index contributed by atoms with van der Waals surface area (Å²) >= 11 is 0. The molecule has 0 aliphatic carbocycles. The molecule has 0 saturated carbocycles. The molecular weight excluding hydrogens is 373 g/mol. The Balaban J connectivity index is 1.71. The molecule has 0 saturated heterocycles. The first-order chi connectivity index (χ1) is 13.9. The van der Waals surface area contributed by atoms with Crippen LogP contribution < -0.4 is 5.32 Å². The third-order valence-electron chi connectivity index (χ3n) is 4.54. The number of H-pyrrole nitrogens is 1. The number of aromatic amines is 1. The Morgan fingerprint density at radius 1 is 1.17 bits per heavy atom. The lowest BCUT2D eigenvalue weighted by Crippen LogP contribution is -2.42. The number of benzene rings is 1. The fourth-order valence-electron chi connectivity index (χ4n) is 2.85. The number of rotatable bonds is 11. The van der Waals surface area contributed by atoms with E-state index in [9.17, 15) is 14.0 Å². The van der Waals surface area contributed by atoms with Crippen LogP contribution in [0.2, 0.25) is 0 Å². The molecular formula is C21H30FN5O2. The van der Waals surface area contributed by atoms with Crippen molar-refractivity contribution in [3.63, 3.8) is 0 Å². The van der Waals surface area contributed by atoms with Gasteiger partial charge in [-0.15, -0.1) is 0 Å². The minimum Gasteiger partial charge on any atom is -0.355 e. The summed E-state index contributed by atoms with van der Waals surface area (Å²) < 4.78 is 13.0. The normalized spacial score (nSPS) is 10.9. The van der Waals surface area contributed by atoms with Crippen molar-refractivity contribution in [2.75, 3.05) is 40.3 Å². The first-order valence-corrected chi connectivity index (χ1v) is 9.88. The Morgan fingerprint density at radius 2 is 1.90 bits per heavy atom. The largest absolute Gasteiger partial charge is 0.355 e. The number of carbonyl (C=O) groups is 2. The zero-order valence-electron chi connectivity index (χ0n) is 17.4. The summed E-state index contributed by atoms with van der Waals surface area (Å²) in [6.07, 6.45) is 2.52. The van der Waals surface area contributed by atoms with Crippen molar-refractivity contribution in [3.8, 4) is 11.3 Å². The van der Waals surface area contributed by atoms with Gasteiger partial charge in [0, 0.05) is 24.8 Å². The Kier molecular flexibility index (Phi) is 8.79. The highest BCUT2D eigenvalue weighted by Crippen LogP contribution is 2.18. The number of carbonyl (C=O) groups excluding carboxylic acids is 2. The maximum atomic E-state index is 13.0. The van der Waals surface area contributed by atoms with E-state index in [2.05, 4.69) is 15.5 Å². The predicted octanol–water partition coefficient (Wildman–Crippen LogP) is 2.06. The van der Waals surface area contributed by atoms with E-state index in [1.807, 2.05) is 24.9 Å². The van der Waals surface area contributed by atoms with Gasteiger partial charge in [0.05, 0.1) is 18.8 Å². The van der Waals surface area contributed by atoms with Gasteiger partial charge in [0.15, 0.2) is 0 Å². The fourth-order valence-corrected chi connectivity index (χ4v) is 2.85. The molecule has 2 N–H and O–H groups in total. The lowest BCUT2D eigenvalue weighted by atomic mass is 10.1. The maximum absolute atomic E-state index is 13.0. The summed E-state index contributed by atoms with van der Waals surface area (Å²) in [6.45, 7) is 3.69. The Hall–Kier alpha value is -2.74. The van der Waals surface area contributed by atoms with Gasteiger partial charge >= 0.3 is 0 Å². The van der Waals surface area contributed by atoms with Crippen LogP contribution >= 0.6 is 0 Å². The monoisotopic (exact) mass is 403 g/mol. The van der Waals surface area contributed by atoms with Crippen LogP contribution in [0.15, 0.2) is 30.3 Å². The van der Waals surface area contributed by atoms with E-state index in [0.717, 1.165) is 42.8 Å². The lowest BCUT2D eigenvalue weighted by molar-refractivity contribution is -0.135. The van der Waals surface area contributed by atoms with Crippen molar-refractivity contribution < 1.29 is 14.0 Å². The Bertz CT molecular complexity index is 791. The first kappa shape index (κ1) is 22.5. The van der Waals surface area contributed by atoms with Crippen molar-refractivity contribution >= 4 is 11.8 Å². The molecule has 2 amide bonds. The van der Waals surface area contributed by atoms with Crippen molar-refractivity contribution in [2.45, 2.75) is 26.2 Å². The lowest BCUT2D eigenvalue weighted by Gasteiger charge is -2.21. The predicted molar refractivity (Wildman–Crippen MR) is 111 cm³/mol. The molecule has 1 heterocycles. The molecule has 1 aromatic heterocycles. The molecule has 0 spiro atoms. The van der Waals surface area contributed by atoms with Crippen LogP contribution in [0.4, 0.5) is 4.39 Å². The minimum atomic E-state index is -0.269. The minimum absolute atomic E-state index is 0.0764. The molecule has 29 heavy (non-hydrogen) atoms. The molecule has 158 valence electrons. The highest BCUT2D eigenvalue weighted by Gasteiger charge is 2.14. The van der Waals surface area contributed by atoms with Gasteiger partial charge in [-0.3, -0.25) is 19.6 Å². The van der Waals surface area contributed by atoms with E-state index >= 15 is 0 Å². The van der Waals surface area contributed by atoms with E-state index in [4.69, 9.17) is 0 Å². The zero-order valence-corrected chi connectivity index (χ0v) is 17.4. The topological polar surface area (TPSA) is 81.3 Å². The van der Waals surface area contributed by atoms with Crippen LogP contribution in [-0.2, 0) is 16.0 Å². The van der Waals surface area contributed by atoms with E-state index in [0.29, 0.717) is 6.54 Å². The number of hydrogen-bond acceptors (Lipinski definition) is 4. The van der Waals surface area contributed by atoms with Gasteiger partial charge in [-0.25, -0.2) is 4.39 Å². The molecule has 8 heteroatoms. The number of hydrogen-bond donors (Lipinski definition) is 2. The van der Waals surface area contributed by atoms with Gasteiger partial charge in [0.25, 0.3) is 0 Å². The second-order valence-electron chi connectivity index (χ2n) is 7.23. The molecule has 0 unspecified atom stereocenters. The third kappa shape index (κ3) is 7.65. The second kappa shape index (κ2) is 11.3. The Labute approximate surface area is 171 Å². The van der Waals surface area contributed by atoms with Crippen LogP contribution in [0.5, 0.6) is 0 Å². The quantitative estimate of drug-likeness (QED) is 0.602. The average Bonchev–Trinajstić information content (AvgIpc) is 3.15. The molecule has 0 bridgehead atoms. The summed E-state index contributed by atoms with van der Waals surface area (Å²) in [5, 5.41) is 10.0. The molecule has 0 fully saturated rings. The molecule has 7 nitrogen and oxygen atoms in total. The van der Waals surface area contributed by atoms with Crippen molar-refractivity contribution in [3.05, 3.63) is 41.8 Å². The van der Waals surface area contributed by atoms with E-state index in [1.165, 1.54) is 17.0 Å². The number of aryl methyl sites for hydroxylation is 1. The fraction of sp³-hybridized carbons (Fsp3) is 0.476. The second-order valence-corrected chi connectivity index (χ2v) is 7.23. The SMILES string of the molecule is CCCNC(=O)CN(C)C(=O)CN(C)CCCc1cc(-c2ccc(F)cc2)n[nH]1. The first-order valence-electron chi connectivity index (χ1n) is 9.88. The molecule has 1 aromatic carbocycles. The number of aromatic nitrogens is 2. The average molecular weight is 404 g/mol. The van der Waals surface area contributed by atoms with E-state index in [-0.39, 0.29) is 30.7 Å². The van der Waals surface area contributed by atoms with Crippen LogP contribution in [-0.4, -0.2) is 72.1 Å². The zero-order chi connectivity index (χ0) is 21.2. The standard InChI is InChI=1S/C21H30FN5O2/c1-4-11-23-20(28)14-27(3)21(29)15-26(2)12-5-6-18-13-19(25-24-18)16-7-9-17(22)10-8-16/h7-10,13H,4-6,11-12,14-15H2,1-3H3,(H,23,28)(H,24,25). The molecule has 0 radical (unpaired) electrons. The van der Waals surface area contributed by atoms with Crippen LogP contribution in [0.1, 0.15) is 25.5 Å². The summed E-state index contributed by atoms with van der Waals surface area (Å²) in [5.74, 6) is -0.491. The van der Waals surface area contributed by atoms with Gasteiger partial charge in [0.1, 0.15) is 5.82 Å². The van der Waals surface area contributed by atoms with Crippen molar-refractivity contribution in [1.82, 2.24) is 25.3 Å². The molecule has 0 atom stereocenters. The van der Waals surface area contributed by atoms with E-state index in [1.54, 1.807) is 19.2 Å². The van der Waals surface area contributed by atoms with Gasteiger partial charge in [-0.1, -0.05) is 6.92 Å². The third-order valence-corrected chi connectivity index (χ3v) is 4.54. The highest BCUT2D eigenvalue weighted by atomic mass is 19.1. The number of halogens is 1. The number of amides is 2.